The van der Waals surface area contributed by atoms with Crippen LogP contribution in [0, 0.1) is 0 Å². The number of aliphatic carboxylic acids is 1. The van der Waals surface area contributed by atoms with Crippen LogP contribution >= 0.6 is 7.60 Å². The maximum atomic E-state index is 14.6. The highest BCUT2D eigenvalue weighted by atomic mass is 31.2. The fourth-order valence-electron chi connectivity index (χ4n) is 4.07. The first-order chi connectivity index (χ1) is 23.1. The lowest BCUT2D eigenvalue weighted by atomic mass is 10.1. The van der Waals surface area contributed by atoms with Crippen LogP contribution in [-0.4, -0.2) is 59.5 Å². The van der Waals surface area contributed by atoms with Gasteiger partial charge in [-0.15, -0.1) is 0 Å². The summed E-state index contributed by atoms with van der Waals surface area (Å²) in [6.07, 6.45) is -4.76. The molecule has 0 spiro atoms. The minimum atomic E-state index is -4.65. The van der Waals surface area contributed by atoms with E-state index in [4.69, 9.17) is 23.3 Å². The molecule has 248 valence electrons. The van der Waals surface area contributed by atoms with E-state index >= 15 is 0 Å². The van der Waals surface area contributed by atoms with E-state index in [9.17, 15) is 33.6 Å². The lowest BCUT2D eigenvalue weighted by molar-refractivity contribution is -0.159. The monoisotopic (exact) mass is 675 g/mol. The van der Waals surface area contributed by atoms with Gasteiger partial charge in [-0.2, -0.15) is 0 Å². The smallest absolute Gasteiger partial charge is 0.456 e. The first-order valence-electron chi connectivity index (χ1n) is 14.3. The predicted octanol–water partition coefficient (Wildman–Crippen LogP) is 4.88. The summed E-state index contributed by atoms with van der Waals surface area (Å²) in [5, 5.41) is 12.4. The van der Waals surface area contributed by atoms with Crippen molar-refractivity contribution in [2.75, 3.05) is 6.61 Å². The molecule has 1 unspecified atom stereocenters. The van der Waals surface area contributed by atoms with Gasteiger partial charge in [-0.25, -0.2) is 18.9 Å². The van der Waals surface area contributed by atoms with Crippen molar-refractivity contribution in [3.05, 3.63) is 132 Å². The summed E-state index contributed by atoms with van der Waals surface area (Å²) in [6.45, 7) is 0.271. The number of hydrogen-bond donors (Lipinski definition) is 2. The molecule has 4 rings (SSSR count). The Kier molecular flexibility index (Phi) is 12.1. The van der Waals surface area contributed by atoms with Crippen LogP contribution in [-0.2, 0) is 33.2 Å². The molecule has 13 nitrogen and oxygen atoms in total. The maximum Gasteiger partial charge on any atom is 0.456 e. The summed E-state index contributed by atoms with van der Waals surface area (Å²) < 4.78 is 41.8. The number of esters is 3. The molecule has 0 radical (unpaired) electrons. The molecule has 3 atom stereocenters. The molecule has 2 N–H and O–H groups in total. The average Bonchev–Trinajstić information content (AvgIpc) is 3.09. The number of para-hydroxylation sites is 2. The predicted molar refractivity (Wildman–Crippen MR) is 169 cm³/mol. The highest BCUT2D eigenvalue weighted by Crippen LogP contribution is 2.52. The quantitative estimate of drug-likeness (QED) is 0.0992. The van der Waals surface area contributed by atoms with E-state index in [0.717, 1.165) is 6.92 Å². The molecule has 4 aromatic carbocycles. The van der Waals surface area contributed by atoms with Crippen LogP contribution < -0.4 is 14.4 Å². The van der Waals surface area contributed by atoms with Crippen LogP contribution in [0.4, 0.5) is 0 Å². The van der Waals surface area contributed by atoms with Crippen LogP contribution in [0.1, 0.15) is 27.6 Å². The SMILES string of the molecule is CC(=O)OCC(NC(=O)[C@H](OC(=O)c1ccccc1)[C@@H](OC(=O)c1ccccc1)C(=O)O)P(=O)(Oc1ccccc1)Oc1ccccc1. The van der Waals surface area contributed by atoms with Gasteiger partial charge in [0.25, 0.3) is 5.91 Å². The molecule has 4 aromatic rings. The fraction of sp³-hybridized carbons (Fsp3) is 0.147. The summed E-state index contributed by atoms with van der Waals surface area (Å²) in [5.41, 5.74) is -0.113. The number of rotatable bonds is 15. The maximum absolute atomic E-state index is 14.6. The fourth-order valence-corrected chi connectivity index (χ4v) is 5.73. The van der Waals surface area contributed by atoms with Gasteiger partial charge in [-0.3, -0.25) is 9.59 Å². The Labute approximate surface area is 274 Å². The molecule has 1 amide bonds. The number of benzene rings is 4. The zero-order valence-corrected chi connectivity index (χ0v) is 26.3. The number of ether oxygens (including phenoxy) is 3. The van der Waals surface area contributed by atoms with E-state index in [2.05, 4.69) is 5.32 Å². The highest BCUT2D eigenvalue weighted by Gasteiger charge is 2.47. The average molecular weight is 676 g/mol. The van der Waals surface area contributed by atoms with E-state index in [0.29, 0.717) is 0 Å². The van der Waals surface area contributed by atoms with Crippen LogP contribution in [0.2, 0.25) is 0 Å². The Morgan fingerprint density at radius 2 is 1.04 bits per heavy atom. The van der Waals surface area contributed by atoms with E-state index in [-0.39, 0.29) is 22.6 Å². The lowest BCUT2D eigenvalue weighted by Gasteiger charge is -2.30. The number of carbonyl (C=O) groups is 5. The van der Waals surface area contributed by atoms with Crippen molar-refractivity contribution in [1.82, 2.24) is 5.32 Å². The molecule has 14 heteroatoms. The van der Waals surface area contributed by atoms with Crippen molar-refractivity contribution in [2.45, 2.75) is 24.9 Å². The van der Waals surface area contributed by atoms with Gasteiger partial charge in [-0.1, -0.05) is 72.8 Å². The Hall–Kier alpha value is -5.94. The lowest BCUT2D eigenvalue weighted by Crippen LogP contribution is -2.53. The molecule has 48 heavy (non-hydrogen) atoms. The van der Waals surface area contributed by atoms with E-state index in [1.165, 1.54) is 72.8 Å². The van der Waals surface area contributed by atoms with E-state index in [1.54, 1.807) is 48.5 Å². The Morgan fingerprint density at radius 3 is 1.44 bits per heavy atom. The molecule has 0 saturated carbocycles. The van der Waals surface area contributed by atoms with Gasteiger partial charge >= 0.3 is 31.5 Å². The summed E-state index contributed by atoms with van der Waals surface area (Å²) in [4.78, 5) is 64.3. The topological polar surface area (TPSA) is 181 Å². The molecule has 0 saturated heterocycles. The number of carboxylic acids is 1. The van der Waals surface area contributed by atoms with Crippen molar-refractivity contribution in [3.8, 4) is 11.5 Å². The zero-order chi connectivity index (χ0) is 34.5. The summed E-state index contributed by atoms with van der Waals surface area (Å²) in [6, 6.07) is 30.1. The first kappa shape index (κ1) is 34.9. The molecule has 0 fully saturated rings. The molecule has 0 heterocycles. The number of carbonyl (C=O) groups excluding carboxylic acids is 4. The van der Waals surface area contributed by atoms with Gasteiger partial charge in [0, 0.05) is 6.92 Å². The number of carboxylic acid groups (broad SMARTS) is 1. The molecular weight excluding hydrogens is 645 g/mol. The Balaban J connectivity index is 1.74. The van der Waals surface area contributed by atoms with Gasteiger partial charge in [0.2, 0.25) is 12.2 Å². The van der Waals surface area contributed by atoms with E-state index in [1.807, 2.05) is 0 Å². The third kappa shape index (κ3) is 9.78. The number of amides is 1. The molecule has 0 bridgehead atoms. The molecular formula is C34H30NO12P. The third-order valence-electron chi connectivity index (χ3n) is 6.35. The Bertz CT molecular complexity index is 1710. The van der Waals surface area contributed by atoms with Crippen LogP contribution in [0.3, 0.4) is 0 Å². The highest BCUT2D eigenvalue weighted by molar-refractivity contribution is 7.55. The summed E-state index contributed by atoms with van der Waals surface area (Å²) >= 11 is 0. The van der Waals surface area contributed by atoms with Gasteiger partial charge in [-0.05, 0) is 48.5 Å². The number of nitrogens with one attached hydrogen (secondary N) is 1. The second-order valence-electron chi connectivity index (χ2n) is 9.90. The normalized spacial score (nSPS) is 12.7. The zero-order valence-electron chi connectivity index (χ0n) is 25.4. The van der Waals surface area contributed by atoms with E-state index < -0.39 is 62.0 Å². The van der Waals surface area contributed by atoms with Gasteiger partial charge < -0.3 is 33.7 Å². The van der Waals surface area contributed by atoms with Crippen molar-refractivity contribution in [3.63, 3.8) is 0 Å². The second-order valence-corrected chi connectivity index (χ2v) is 12.0. The summed E-state index contributed by atoms with van der Waals surface area (Å²) in [7, 11) is -4.65. The van der Waals surface area contributed by atoms with Crippen LogP contribution in [0.25, 0.3) is 0 Å². The van der Waals surface area contributed by atoms with Crippen molar-refractivity contribution >= 4 is 37.4 Å². The van der Waals surface area contributed by atoms with Crippen molar-refractivity contribution in [1.29, 1.82) is 0 Å². The molecule has 0 aliphatic rings. The van der Waals surface area contributed by atoms with Gasteiger partial charge in [0.05, 0.1) is 11.1 Å². The van der Waals surface area contributed by atoms with Crippen molar-refractivity contribution < 1.29 is 56.9 Å². The largest absolute Gasteiger partial charge is 0.478 e. The minimum Gasteiger partial charge on any atom is -0.478 e. The van der Waals surface area contributed by atoms with Crippen LogP contribution in [0.5, 0.6) is 11.5 Å². The Morgan fingerprint density at radius 1 is 0.646 bits per heavy atom. The number of hydrogen-bond acceptors (Lipinski definition) is 11. The van der Waals surface area contributed by atoms with Crippen LogP contribution in [0.15, 0.2) is 121 Å². The second kappa shape index (κ2) is 16.6. The summed E-state index contributed by atoms with van der Waals surface area (Å²) in [5.74, 6) is -8.06. The standard InChI is InChI=1S/C34H30NO12P/c1-23(36)43-22-28(48(42,46-26-18-10-4-11-19-26)47-27-20-12-5-13-21-27)35-31(37)29(44-33(40)24-14-6-2-7-15-24)30(32(38)39)45-34(41)25-16-8-3-9-17-25/h2-21,28-30H,22H2,1H3,(H,35,37)(H,38,39)/t28?,29-,30-/m1/s1. The minimum absolute atomic E-state index is 0.0473. The van der Waals surface area contributed by atoms with Crippen molar-refractivity contribution in [2.24, 2.45) is 0 Å². The first-order valence-corrected chi connectivity index (χ1v) is 15.9. The molecule has 0 aliphatic heterocycles. The van der Waals surface area contributed by atoms with Gasteiger partial charge in [0.1, 0.15) is 18.1 Å². The van der Waals surface area contributed by atoms with Gasteiger partial charge in [0.15, 0.2) is 5.78 Å². The third-order valence-corrected chi connectivity index (χ3v) is 8.32. The molecule has 0 aliphatic carbocycles. The molecule has 0 aromatic heterocycles.